The van der Waals surface area contributed by atoms with Crippen molar-refractivity contribution in [3.05, 3.63) is 60.2 Å². The average molecular weight is 377 g/mol. The molecule has 1 N–H and O–H groups in total. The van der Waals surface area contributed by atoms with E-state index in [1.807, 2.05) is 42.5 Å². The highest BCUT2D eigenvalue weighted by Gasteiger charge is 2.29. The van der Waals surface area contributed by atoms with Crippen molar-refractivity contribution in [3.63, 3.8) is 0 Å². The fraction of sp³-hybridized carbons (Fsp3) is 0.429. The molecular formula is C21H29ClN2O2. The van der Waals surface area contributed by atoms with Gasteiger partial charge in [0.05, 0.1) is 18.9 Å². The van der Waals surface area contributed by atoms with Crippen molar-refractivity contribution < 1.29 is 9.84 Å². The molecule has 142 valence electrons. The van der Waals surface area contributed by atoms with Gasteiger partial charge in [-0.25, -0.2) is 0 Å². The number of halogens is 1. The molecule has 4 nitrogen and oxygen atoms in total. The van der Waals surface area contributed by atoms with E-state index in [0.717, 1.165) is 49.6 Å². The van der Waals surface area contributed by atoms with Crippen molar-refractivity contribution in [1.82, 2.24) is 4.90 Å². The van der Waals surface area contributed by atoms with E-state index in [4.69, 9.17) is 4.74 Å². The van der Waals surface area contributed by atoms with Crippen molar-refractivity contribution in [2.75, 3.05) is 38.2 Å². The molecule has 2 aromatic rings. The van der Waals surface area contributed by atoms with Gasteiger partial charge in [-0.15, -0.1) is 12.4 Å². The fourth-order valence-corrected chi connectivity index (χ4v) is 3.74. The van der Waals surface area contributed by atoms with Gasteiger partial charge in [-0.2, -0.15) is 0 Å². The lowest BCUT2D eigenvalue weighted by Crippen LogP contribution is -2.52. The highest BCUT2D eigenvalue weighted by Crippen LogP contribution is 2.30. The zero-order valence-electron chi connectivity index (χ0n) is 15.5. The number of ether oxygens (including phenoxy) is 1. The third-order valence-electron chi connectivity index (χ3n) is 5.13. The lowest BCUT2D eigenvalue weighted by Gasteiger charge is -2.41. The summed E-state index contributed by atoms with van der Waals surface area (Å²) >= 11 is 0. The topological polar surface area (TPSA) is 35.9 Å². The molecule has 0 aliphatic carbocycles. The largest absolute Gasteiger partial charge is 0.495 e. The molecule has 0 bridgehead atoms. The van der Waals surface area contributed by atoms with Crippen LogP contribution in [0.4, 0.5) is 5.69 Å². The Morgan fingerprint density at radius 2 is 1.58 bits per heavy atom. The number of benzene rings is 2. The van der Waals surface area contributed by atoms with Crippen molar-refractivity contribution in [2.24, 2.45) is 0 Å². The molecule has 1 aliphatic rings. The summed E-state index contributed by atoms with van der Waals surface area (Å²) in [5, 5.41) is 10.8. The van der Waals surface area contributed by atoms with Gasteiger partial charge in [-0.1, -0.05) is 49.4 Å². The van der Waals surface area contributed by atoms with Gasteiger partial charge >= 0.3 is 0 Å². The molecule has 0 amide bonds. The van der Waals surface area contributed by atoms with E-state index in [2.05, 4.69) is 28.9 Å². The maximum absolute atomic E-state index is 10.8. The first-order valence-electron chi connectivity index (χ1n) is 9.09. The molecule has 5 heteroatoms. The van der Waals surface area contributed by atoms with Crippen LogP contribution < -0.4 is 9.64 Å². The summed E-state index contributed by atoms with van der Waals surface area (Å²) < 4.78 is 5.49. The van der Waals surface area contributed by atoms with Gasteiger partial charge in [0.1, 0.15) is 5.75 Å². The highest BCUT2D eigenvalue weighted by atomic mass is 35.5. The number of anilines is 1. The summed E-state index contributed by atoms with van der Waals surface area (Å²) in [6, 6.07) is 18.3. The SMILES string of the molecule is CCC(C(O)c1ccccc1)N1CCN(c2ccccc2OC)CC1.Cl. The van der Waals surface area contributed by atoms with Crippen LogP contribution >= 0.6 is 12.4 Å². The Balaban J connectivity index is 0.00000243. The fourth-order valence-electron chi connectivity index (χ4n) is 3.74. The molecule has 3 rings (SSSR count). The van der Waals surface area contributed by atoms with Crippen LogP contribution in [0.25, 0.3) is 0 Å². The first-order chi connectivity index (χ1) is 12.2. The Bertz CT molecular complexity index is 660. The standard InChI is InChI=1S/C21H28N2O2.ClH/c1-3-18(21(24)17-9-5-4-6-10-17)22-13-15-23(16-14-22)19-11-7-8-12-20(19)25-2;/h4-12,18,21,24H,3,13-16H2,1-2H3;1H. The number of piperazine rings is 1. The summed E-state index contributed by atoms with van der Waals surface area (Å²) in [6.07, 6.45) is 0.495. The Hall–Kier alpha value is -1.75. The van der Waals surface area contributed by atoms with E-state index in [9.17, 15) is 5.11 Å². The molecule has 26 heavy (non-hydrogen) atoms. The zero-order valence-corrected chi connectivity index (χ0v) is 16.4. The molecule has 2 atom stereocenters. The Morgan fingerprint density at radius 1 is 0.962 bits per heavy atom. The van der Waals surface area contributed by atoms with Crippen LogP contribution in [0.2, 0.25) is 0 Å². The Kier molecular flexibility index (Phi) is 7.76. The van der Waals surface area contributed by atoms with Gasteiger partial charge in [-0.3, -0.25) is 4.90 Å². The first kappa shape index (κ1) is 20.6. The number of rotatable bonds is 6. The van der Waals surface area contributed by atoms with Gasteiger partial charge in [0.25, 0.3) is 0 Å². The van der Waals surface area contributed by atoms with Crippen LogP contribution in [0, 0.1) is 0 Å². The van der Waals surface area contributed by atoms with Crippen molar-refractivity contribution >= 4 is 18.1 Å². The summed E-state index contributed by atoms with van der Waals surface area (Å²) in [7, 11) is 1.72. The minimum Gasteiger partial charge on any atom is -0.495 e. The van der Waals surface area contributed by atoms with Gasteiger partial charge < -0.3 is 14.7 Å². The van der Waals surface area contributed by atoms with E-state index in [1.54, 1.807) is 7.11 Å². The van der Waals surface area contributed by atoms with Crippen LogP contribution in [-0.2, 0) is 0 Å². The van der Waals surface area contributed by atoms with Crippen molar-refractivity contribution in [3.8, 4) is 5.75 Å². The van der Waals surface area contributed by atoms with Gasteiger partial charge in [0.2, 0.25) is 0 Å². The van der Waals surface area contributed by atoms with Crippen LogP contribution in [0.15, 0.2) is 54.6 Å². The van der Waals surface area contributed by atoms with E-state index >= 15 is 0 Å². The molecule has 0 spiro atoms. The number of methoxy groups -OCH3 is 1. The van der Waals surface area contributed by atoms with E-state index < -0.39 is 6.10 Å². The van der Waals surface area contributed by atoms with E-state index in [-0.39, 0.29) is 18.4 Å². The minimum atomic E-state index is -0.441. The molecule has 0 saturated carbocycles. The van der Waals surface area contributed by atoms with Crippen LogP contribution in [0.3, 0.4) is 0 Å². The first-order valence-corrected chi connectivity index (χ1v) is 9.09. The van der Waals surface area contributed by atoms with Crippen molar-refractivity contribution in [1.29, 1.82) is 0 Å². The second-order valence-corrected chi connectivity index (χ2v) is 6.53. The quantitative estimate of drug-likeness (QED) is 0.832. The normalized spacial score (nSPS) is 17.3. The van der Waals surface area contributed by atoms with E-state index in [1.165, 1.54) is 0 Å². The summed E-state index contributed by atoms with van der Waals surface area (Å²) in [5.41, 5.74) is 2.16. The molecular weight excluding hydrogens is 348 g/mol. The lowest BCUT2D eigenvalue weighted by atomic mass is 9.98. The van der Waals surface area contributed by atoms with Gasteiger partial charge in [0.15, 0.2) is 0 Å². The van der Waals surface area contributed by atoms with Crippen LogP contribution in [0.1, 0.15) is 25.0 Å². The maximum atomic E-state index is 10.8. The molecule has 1 aliphatic heterocycles. The molecule has 1 saturated heterocycles. The molecule has 2 aromatic carbocycles. The molecule has 2 unspecified atom stereocenters. The maximum Gasteiger partial charge on any atom is 0.142 e. The second-order valence-electron chi connectivity index (χ2n) is 6.53. The number of para-hydroxylation sites is 2. The second kappa shape index (κ2) is 9.81. The van der Waals surface area contributed by atoms with E-state index in [0.29, 0.717) is 0 Å². The lowest BCUT2D eigenvalue weighted by molar-refractivity contribution is 0.0423. The average Bonchev–Trinajstić information content (AvgIpc) is 2.69. The Labute approximate surface area is 162 Å². The zero-order chi connectivity index (χ0) is 17.6. The predicted octanol–water partition coefficient (Wildman–Crippen LogP) is 3.75. The third-order valence-corrected chi connectivity index (χ3v) is 5.13. The Morgan fingerprint density at radius 3 is 2.19 bits per heavy atom. The minimum absolute atomic E-state index is 0. The van der Waals surface area contributed by atoms with Crippen molar-refractivity contribution in [2.45, 2.75) is 25.5 Å². The molecule has 1 heterocycles. The van der Waals surface area contributed by atoms with Gasteiger partial charge in [0, 0.05) is 32.2 Å². The monoisotopic (exact) mass is 376 g/mol. The number of hydrogen-bond acceptors (Lipinski definition) is 4. The predicted molar refractivity (Wildman–Crippen MR) is 110 cm³/mol. The van der Waals surface area contributed by atoms with Crippen LogP contribution in [0.5, 0.6) is 5.75 Å². The molecule has 1 fully saturated rings. The summed E-state index contributed by atoms with van der Waals surface area (Å²) in [4.78, 5) is 4.79. The number of nitrogens with zero attached hydrogens (tertiary/aromatic N) is 2. The number of aliphatic hydroxyl groups excluding tert-OH is 1. The van der Waals surface area contributed by atoms with Gasteiger partial charge in [-0.05, 0) is 24.1 Å². The van der Waals surface area contributed by atoms with Crippen LogP contribution in [-0.4, -0.2) is 49.3 Å². The highest BCUT2D eigenvalue weighted by molar-refractivity contribution is 5.85. The third kappa shape index (κ3) is 4.50. The summed E-state index contributed by atoms with van der Waals surface area (Å²) in [5.74, 6) is 0.923. The summed E-state index contributed by atoms with van der Waals surface area (Å²) in [6.45, 7) is 5.93. The molecule has 0 radical (unpaired) electrons. The number of aliphatic hydroxyl groups is 1. The number of hydrogen-bond donors (Lipinski definition) is 1. The molecule has 0 aromatic heterocycles. The smallest absolute Gasteiger partial charge is 0.142 e.